The maximum absolute atomic E-state index is 13.0. The number of hydrogen-bond donors (Lipinski definition) is 0. The highest BCUT2D eigenvalue weighted by Crippen LogP contribution is 2.31. The molecule has 0 fully saturated rings. The maximum atomic E-state index is 13.0. The summed E-state index contributed by atoms with van der Waals surface area (Å²) in [5.41, 5.74) is -1.25. The van der Waals surface area contributed by atoms with Crippen molar-refractivity contribution in [3.8, 4) is 0 Å². The predicted octanol–water partition coefficient (Wildman–Crippen LogP) is 3.10. The number of rotatable bonds is 3. The monoisotopic (exact) mass is 297 g/mol. The summed E-state index contributed by atoms with van der Waals surface area (Å²) in [6.07, 6.45) is -2.47. The van der Waals surface area contributed by atoms with Gasteiger partial charge in [-0.1, -0.05) is 0 Å². The van der Waals surface area contributed by atoms with Crippen LogP contribution in [0.3, 0.4) is 0 Å². The van der Waals surface area contributed by atoms with Crippen molar-refractivity contribution in [1.29, 1.82) is 0 Å². The van der Waals surface area contributed by atoms with Gasteiger partial charge in [0.2, 0.25) is 0 Å². The first kappa shape index (κ1) is 13.0. The Morgan fingerprint density at radius 1 is 1.62 bits per heavy atom. The Hall–Kier alpha value is -1.11. The fourth-order valence-corrected chi connectivity index (χ4v) is 1.65. The third-order valence-corrected chi connectivity index (χ3v) is 2.50. The number of pyridine rings is 1. The number of carbonyl (C=O) groups is 1. The molecule has 7 heteroatoms. The molecule has 88 valence electrons. The van der Waals surface area contributed by atoms with Crippen molar-refractivity contribution in [1.82, 2.24) is 4.98 Å². The molecule has 0 radical (unpaired) electrons. The van der Waals surface area contributed by atoms with Gasteiger partial charge in [-0.15, -0.1) is 0 Å². The van der Waals surface area contributed by atoms with Crippen molar-refractivity contribution in [2.45, 2.75) is 13.3 Å². The summed E-state index contributed by atoms with van der Waals surface area (Å²) in [6.45, 7) is 1.64. The van der Waals surface area contributed by atoms with Crippen LogP contribution in [0, 0.1) is 5.82 Å². The molecule has 0 aliphatic rings. The summed E-state index contributed by atoms with van der Waals surface area (Å²) in [6, 6.07) is 0. The number of hydrogen-bond acceptors (Lipinski definition) is 3. The fraction of sp³-hybridized carbons (Fsp3) is 0.333. The molecule has 0 bridgehead atoms. The lowest BCUT2D eigenvalue weighted by atomic mass is 10.2. The lowest BCUT2D eigenvalue weighted by molar-refractivity contribution is 0.0517. The molecule has 16 heavy (non-hydrogen) atoms. The Balaban J connectivity index is 3.23. The first-order valence-electron chi connectivity index (χ1n) is 4.28. The molecule has 0 aromatic carbocycles. The molecule has 0 aliphatic carbocycles. The number of aromatic nitrogens is 1. The SMILES string of the molecule is CCOC(=O)c1ncc(F)c(C(F)F)c1Br. The summed E-state index contributed by atoms with van der Waals surface area (Å²) in [7, 11) is 0. The normalized spacial score (nSPS) is 10.6. The average Bonchev–Trinajstić information content (AvgIpc) is 2.17. The second kappa shape index (κ2) is 5.29. The van der Waals surface area contributed by atoms with E-state index in [9.17, 15) is 18.0 Å². The molecule has 0 amide bonds. The molecule has 0 atom stereocenters. The van der Waals surface area contributed by atoms with E-state index in [1.807, 2.05) is 0 Å². The molecule has 3 nitrogen and oxygen atoms in total. The van der Waals surface area contributed by atoms with Gasteiger partial charge in [-0.25, -0.2) is 22.9 Å². The standard InChI is InChI=1S/C9H7BrF3NO2/c1-2-16-9(15)7-6(10)5(8(12)13)4(11)3-14-7/h3,8H,2H2,1H3. The predicted molar refractivity (Wildman–Crippen MR) is 52.8 cm³/mol. The van der Waals surface area contributed by atoms with Crippen LogP contribution in [0.4, 0.5) is 13.2 Å². The third kappa shape index (κ3) is 2.52. The van der Waals surface area contributed by atoms with Gasteiger partial charge in [-0.2, -0.15) is 0 Å². The topological polar surface area (TPSA) is 39.2 Å². The van der Waals surface area contributed by atoms with Crippen molar-refractivity contribution in [3.63, 3.8) is 0 Å². The second-order valence-electron chi connectivity index (χ2n) is 2.70. The molecule has 1 aromatic heterocycles. The molecule has 0 unspecified atom stereocenters. The molecule has 0 saturated carbocycles. The van der Waals surface area contributed by atoms with Gasteiger partial charge in [0.1, 0.15) is 0 Å². The third-order valence-electron chi connectivity index (χ3n) is 1.70. The van der Waals surface area contributed by atoms with Gasteiger partial charge in [0.25, 0.3) is 6.43 Å². The molecule has 0 spiro atoms. The Kier molecular flexibility index (Phi) is 4.28. The quantitative estimate of drug-likeness (QED) is 0.805. The Labute approximate surface area is 97.8 Å². The van der Waals surface area contributed by atoms with E-state index in [4.69, 9.17) is 0 Å². The van der Waals surface area contributed by atoms with Gasteiger partial charge in [-0.3, -0.25) is 0 Å². The average molecular weight is 298 g/mol. The van der Waals surface area contributed by atoms with Crippen LogP contribution in [0.25, 0.3) is 0 Å². The van der Waals surface area contributed by atoms with Crippen LogP contribution in [0.2, 0.25) is 0 Å². The minimum absolute atomic E-state index is 0.0777. The van der Waals surface area contributed by atoms with Crippen LogP contribution in [0.5, 0.6) is 0 Å². The molecule has 1 rings (SSSR count). The number of alkyl halides is 2. The Morgan fingerprint density at radius 2 is 2.25 bits per heavy atom. The Morgan fingerprint density at radius 3 is 2.75 bits per heavy atom. The van der Waals surface area contributed by atoms with Gasteiger partial charge >= 0.3 is 5.97 Å². The van der Waals surface area contributed by atoms with E-state index in [-0.39, 0.29) is 16.8 Å². The van der Waals surface area contributed by atoms with Crippen molar-refractivity contribution >= 4 is 21.9 Å². The summed E-state index contributed by atoms with van der Waals surface area (Å²) >= 11 is 2.72. The van der Waals surface area contributed by atoms with Crippen LogP contribution >= 0.6 is 15.9 Å². The lowest BCUT2D eigenvalue weighted by Crippen LogP contribution is -2.10. The molecular formula is C9H7BrF3NO2. The highest BCUT2D eigenvalue weighted by atomic mass is 79.9. The molecular weight excluding hydrogens is 291 g/mol. The molecule has 0 N–H and O–H groups in total. The minimum atomic E-state index is -3.04. The second-order valence-corrected chi connectivity index (χ2v) is 3.50. The smallest absolute Gasteiger partial charge is 0.358 e. The zero-order valence-corrected chi connectivity index (χ0v) is 9.72. The van der Waals surface area contributed by atoms with Crippen molar-refractivity contribution in [2.24, 2.45) is 0 Å². The zero-order valence-electron chi connectivity index (χ0n) is 8.14. The minimum Gasteiger partial charge on any atom is -0.461 e. The summed E-state index contributed by atoms with van der Waals surface area (Å²) < 4.78 is 42.2. The van der Waals surface area contributed by atoms with E-state index in [0.717, 1.165) is 0 Å². The van der Waals surface area contributed by atoms with E-state index >= 15 is 0 Å². The summed E-state index contributed by atoms with van der Waals surface area (Å²) in [5, 5.41) is 0. The first-order valence-corrected chi connectivity index (χ1v) is 5.07. The van der Waals surface area contributed by atoms with Crippen LogP contribution in [-0.4, -0.2) is 17.6 Å². The van der Waals surface area contributed by atoms with Crippen LogP contribution in [-0.2, 0) is 4.74 Å². The summed E-state index contributed by atoms with van der Waals surface area (Å²) in [5.74, 6) is -2.05. The molecule has 1 aromatic rings. The summed E-state index contributed by atoms with van der Waals surface area (Å²) in [4.78, 5) is 14.7. The highest BCUT2D eigenvalue weighted by Gasteiger charge is 2.24. The van der Waals surface area contributed by atoms with E-state index in [0.29, 0.717) is 6.20 Å². The maximum Gasteiger partial charge on any atom is 0.358 e. The number of ether oxygens (including phenoxy) is 1. The van der Waals surface area contributed by atoms with Crippen molar-refractivity contribution < 1.29 is 22.7 Å². The van der Waals surface area contributed by atoms with Gasteiger partial charge in [0, 0.05) is 0 Å². The van der Waals surface area contributed by atoms with E-state index in [1.54, 1.807) is 6.92 Å². The van der Waals surface area contributed by atoms with E-state index in [1.165, 1.54) is 0 Å². The van der Waals surface area contributed by atoms with Gasteiger partial charge in [0.05, 0.1) is 22.8 Å². The van der Waals surface area contributed by atoms with Crippen LogP contribution in [0.1, 0.15) is 29.4 Å². The van der Waals surface area contributed by atoms with Crippen LogP contribution < -0.4 is 0 Å². The van der Waals surface area contributed by atoms with Crippen LogP contribution in [0.15, 0.2) is 10.7 Å². The fourth-order valence-electron chi connectivity index (χ4n) is 1.02. The van der Waals surface area contributed by atoms with E-state index < -0.39 is 23.8 Å². The van der Waals surface area contributed by atoms with Crippen molar-refractivity contribution in [2.75, 3.05) is 6.61 Å². The first-order chi connectivity index (χ1) is 7.49. The highest BCUT2D eigenvalue weighted by molar-refractivity contribution is 9.10. The number of esters is 1. The number of nitrogens with zero attached hydrogens (tertiary/aromatic N) is 1. The zero-order chi connectivity index (χ0) is 12.3. The molecule has 1 heterocycles. The molecule has 0 aliphatic heterocycles. The number of halogens is 4. The lowest BCUT2D eigenvalue weighted by Gasteiger charge is -2.08. The van der Waals surface area contributed by atoms with E-state index in [2.05, 4.69) is 25.7 Å². The van der Waals surface area contributed by atoms with Gasteiger partial charge in [-0.05, 0) is 22.9 Å². The van der Waals surface area contributed by atoms with Gasteiger partial charge in [0.15, 0.2) is 11.5 Å². The van der Waals surface area contributed by atoms with Crippen molar-refractivity contribution in [3.05, 3.63) is 27.7 Å². The Bertz CT molecular complexity index is 412. The molecule has 0 saturated heterocycles. The largest absolute Gasteiger partial charge is 0.461 e. The number of carbonyl (C=O) groups excluding carboxylic acids is 1. The van der Waals surface area contributed by atoms with Gasteiger partial charge < -0.3 is 4.74 Å².